The molecule has 0 saturated heterocycles. The maximum absolute atomic E-state index is 11.7. The van der Waals surface area contributed by atoms with Crippen LogP contribution in [0.15, 0.2) is 4.99 Å². The first-order valence-electron chi connectivity index (χ1n) is 6.82. The van der Waals surface area contributed by atoms with Gasteiger partial charge in [-0.2, -0.15) is 0 Å². The zero-order chi connectivity index (χ0) is 14.4. The number of ether oxygens (including phenoxy) is 1. The van der Waals surface area contributed by atoms with E-state index in [0.717, 1.165) is 25.7 Å². The number of carbonyl (C=O) groups excluding carboxylic acids is 1. The average Bonchev–Trinajstić information content (AvgIpc) is 3.00. The van der Waals surface area contributed by atoms with Crippen molar-refractivity contribution in [2.45, 2.75) is 64.0 Å². The molecule has 108 valence electrons. The molecule has 1 aliphatic rings. The highest BCUT2D eigenvalue weighted by molar-refractivity contribution is 5.69. The second-order valence-electron chi connectivity index (χ2n) is 6.04. The van der Waals surface area contributed by atoms with Crippen molar-refractivity contribution in [2.75, 3.05) is 6.54 Å². The minimum atomic E-state index is -0.468. The maximum Gasteiger partial charge on any atom is 0.408 e. The van der Waals surface area contributed by atoms with E-state index in [0.29, 0.717) is 13.0 Å². The van der Waals surface area contributed by atoms with Crippen LogP contribution in [0.2, 0.25) is 0 Å². The van der Waals surface area contributed by atoms with Crippen LogP contribution in [0.3, 0.4) is 0 Å². The molecule has 1 fully saturated rings. The third kappa shape index (κ3) is 6.94. The summed E-state index contributed by atoms with van der Waals surface area (Å²) in [4.78, 5) is 16.0. The van der Waals surface area contributed by atoms with Crippen LogP contribution in [-0.4, -0.2) is 36.2 Å². The van der Waals surface area contributed by atoms with Crippen molar-refractivity contribution in [3.8, 4) is 0 Å². The molecular weight excluding hydrogens is 242 g/mol. The van der Waals surface area contributed by atoms with E-state index < -0.39 is 5.60 Å². The molecule has 0 aliphatic heterocycles. The zero-order valence-electron chi connectivity index (χ0n) is 12.1. The fraction of sp³-hybridized carbons (Fsp3) is 0.786. The molecule has 1 N–H and O–H groups in total. The molecule has 0 radical (unpaired) electrons. The number of amides is 1. The van der Waals surface area contributed by atoms with Crippen LogP contribution in [0, 0.1) is 0 Å². The summed E-state index contributed by atoms with van der Waals surface area (Å²) in [6.45, 7) is 6.16. The Morgan fingerprint density at radius 3 is 2.63 bits per heavy atom. The lowest BCUT2D eigenvalue weighted by molar-refractivity contribution is 0.0499. The van der Waals surface area contributed by atoms with Gasteiger partial charge in [-0.1, -0.05) is 6.42 Å². The van der Waals surface area contributed by atoms with E-state index in [1.807, 2.05) is 27.0 Å². The third-order valence-corrected chi connectivity index (χ3v) is 2.81. The molecule has 19 heavy (non-hydrogen) atoms. The summed E-state index contributed by atoms with van der Waals surface area (Å²) < 4.78 is 5.24. The average molecular weight is 266 g/mol. The minimum absolute atomic E-state index is 0.193. The van der Waals surface area contributed by atoms with Crippen molar-refractivity contribution < 1.29 is 9.53 Å². The summed E-state index contributed by atoms with van der Waals surface area (Å²) >= 11 is 0. The van der Waals surface area contributed by atoms with Crippen LogP contribution in [-0.2, 0) is 4.74 Å². The van der Waals surface area contributed by atoms with Crippen LogP contribution in [0.25, 0.3) is 5.41 Å². The van der Waals surface area contributed by atoms with Crippen molar-refractivity contribution in [3.63, 3.8) is 0 Å². The molecule has 0 bridgehead atoms. The Balaban J connectivity index is 2.25. The Morgan fingerprint density at radius 1 is 1.42 bits per heavy atom. The molecule has 0 heterocycles. The summed E-state index contributed by atoms with van der Waals surface area (Å²) in [7, 11) is 0. The molecule has 0 aromatic heterocycles. The van der Waals surface area contributed by atoms with E-state index in [2.05, 4.69) is 10.3 Å². The van der Waals surface area contributed by atoms with Gasteiger partial charge in [0.05, 0.1) is 12.1 Å². The molecule has 1 aliphatic carbocycles. The van der Waals surface area contributed by atoms with Crippen molar-refractivity contribution in [2.24, 2.45) is 4.99 Å². The highest BCUT2D eigenvalue weighted by Crippen LogP contribution is 2.35. The first kappa shape index (κ1) is 15.7. The van der Waals surface area contributed by atoms with Crippen molar-refractivity contribution in [3.05, 3.63) is 5.41 Å². The number of nitrogens with one attached hydrogen (secondary N) is 1. The molecule has 0 unspecified atom stereocenters. The smallest absolute Gasteiger partial charge is 0.408 e. The number of alkyl carbamates (subject to hydrolysis) is 1. The highest BCUT2D eigenvalue weighted by atomic mass is 16.6. The lowest BCUT2D eigenvalue weighted by atomic mass is 10.2. The number of nitrogens with zero attached hydrogens (tertiary/aromatic N) is 2. The molecule has 0 aromatic rings. The largest absolute Gasteiger partial charge is 0.814 e. The second-order valence-corrected chi connectivity index (χ2v) is 6.04. The standard InChI is InChI=1S/C14H24N3O2/c1-13(2,3)19-12(18)17-14(7-8-14)11-16-10-6-4-5-9-15/h9-10H,4-8,11H2,1-3H3,(H,17,18)/q-1. The van der Waals surface area contributed by atoms with Crippen molar-refractivity contribution >= 4 is 18.5 Å². The SMILES string of the molecule is CC(C)(C)OC(=O)NC1(CN=CCCCC=[N-])CC1. The quantitative estimate of drug-likeness (QED) is 0.568. The first-order valence-corrected chi connectivity index (χ1v) is 6.82. The number of hydrogen-bond acceptors (Lipinski definition) is 3. The fourth-order valence-electron chi connectivity index (χ4n) is 1.62. The molecule has 5 nitrogen and oxygen atoms in total. The molecular formula is C14H24N3O2-. The Bertz CT molecular complexity index is 341. The van der Waals surface area contributed by atoms with Gasteiger partial charge in [-0.15, -0.1) is 0 Å². The first-order chi connectivity index (χ1) is 8.87. The van der Waals surface area contributed by atoms with E-state index in [1.54, 1.807) is 0 Å². The molecule has 0 aromatic carbocycles. The number of unbranched alkanes of at least 4 members (excludes halogenated alkanes) is 2. The summed E-state index contributed by atoms with van der Waals surface area (Å²) in [5.74, 6) is 0. The molecule has 0 atom stereocenters. The van der Waals surface area contributed by atoms with Crippen LogP contribution in [0.5, 0.6) is 0 Å². The topological polar surface area (TPSA) is 73.0 Å². The van der Waals surface area contributed by atoms with E-state index in [9.17, 15) is 4.79 Å². The summed E-state index contributed by atoms with van der Waals surface area (Å²) in [5, 5.41) is 11.4. The van der Waals surface area contributed by atoms with Crippen molar-refractivity contribution in [1.82, 2.24) is 5.32 Å². The number of aliphatic imine (C=N–C) groups is 1. The zero-order valence-corrected chi connectivity index (χ0v) is 12.1. The predicted octanol–water partition coefficient (Wildman–Crippen LogP) is 2.93. The number of carbonyl (C=O) groups is 1. The lowest BCUT2D eigenvalue weighted by Crippen LogP contribution is -2.42. The van der Waals surface area contributed by atoms with E-state index in [4.69, 9.17) is 10.1 Å². The van der Waals surface area contributed by atoms with Gasteiger partial charge in [-0.3, -0.25) is 4.99 Å². The van der Waals surface area contributed by atoms with Gasteiger partial charge >= 0.3 is 6.09 Å². The minimum Gasteiger partial charge on any atom is -0.814 e. The van der Waals surface area contributed by atoms with Crippen LogP contribution < -0.4 is 5.32 Å². The van der Waals surface area contributed by atoms with Gasteiger partial charge in [0.25, 0.3) is 0 Å². The predicted molar refractivity (Wildman–Crippen MR) is 78.0 cm³/mol. The second kappa shape index (κ2) is 6.68. The van der Waals surface area contributed by atoms with Gasteiger partial charge in [0.15, 0.2) is 0 Å². The molecule has 0 spiro atoms. The fourth-order valence-corrected chi connectivity index (χ4v) is 1.62. The maximum atomic E-state index is 11.7. The van der Waals surface area contributed by atoms with E-state index in [1.165, 1.54) is 6.21 Å². The Labute approximate surface area is 115 Å². The van der Waals surface area contributed by atoms with Crippen LogP contribution in [0.1, 0.15) is 52.9 Å². The van der Waals surface area contributed by atoms with Crippen LogP contribution in [0.4, 0.5) is 4.79 Å². The molecule has 1 amide bonds. The summed E-state index contributed by atoms with van der Waals surface area (Å²) in [6, 6.07) is 0. The number of rotatable bonds is 7. The van der Waals surface area contributed by atoms with Gasteiger partial charge in [0.2, 0.25) is 0 Å². The van der Waals surface area contributed by atoms with Gasteiger partial charge in [0, 0.05) is 0 Å². The monoisotopic (exact) mass is 266 g/mol. The lowest BCUT2D eigenvalue weighted by Gasteiger charge is -2.22. The van der Waals surface area contributed by atoms with Crippen molar-refractivity contribution in [1.29, 1.82) is 0 Å². The molecule has 1 saturated carbocycles. The van der Waals surface area contributed by atoms with Gasteiger partial charge in [0.1, 0.15) is 5.60 Å². The summed E-state index contributed by atoms with van der Waals surface area (Å²) in [5.41, 5.74) is -0.661. The molecule has 5 heteroatoms. The Hall–Kier alpha value is -1.39. The number of hydrogen-bond donors (Lipinski definition) is 1. The van der Waals surface area contributed by atoms with Gasteiger partial charge < -0.3 is 15.5 Å². The van der Waals surface area contributed by atoms with E-state index in [-0.39, 0.29) is 11.6 Å². The van der Waals surface area contributed by atoms with Gasteiger partial charge in [-0.25, -0.2) is 11.0 Å². The molecule has 1 rings (SSSR count). The normalized spacial score (nSPS) is 17.2. The van der Waals surface area contributed by atoms with Crippen LogP contribution >= 0.6 is 0 Å². The van der Waals surface area contributed by atoms with Gasteiger partial charge in [-0.05, 0) is 52.7 Å². The Kier molecular flexibility index (Phi) is 5.51. The van der Waals surface area contributed by atoms with E-state index >= 15 is 0 Å². The third-order valence-electron chi connectivity index (χ3n) is 2.81. The summed E-state index contributed by atoms with van der Waals surface area (Å²) in [6.07, 6.45) is 7.00. The highest BCUT2D eigenvalue weighted by Gasteiger charge is 2.44. The Morgan fingerprint density at radius 2 is 2.11 bits per heavy atom.